The van der Waals surface area contributed by atoms with E-state index in [0.717, 1.165) is 11.5 Å². The van der Waals surface area contributed by atoms with Crippen LogP contribution in [-0.2, 0) is 15.6 Å². The van der Waals surface area contributed by atoms with Crippen molar-refractivity contribution in [2.24, 2.45) is 4.40 Å². The highest BCUT2D eigenvalue weighted by atomic mass is 32.2. The molecule has 0 saturated heterocycles. The molecular formula is C13H20N12O6S3. The van der Waals surface area contributed by atoms with Gasteiger partial charge in [-0.3, -0.25) is 19.3 Å². The number of nitrogens with zero attached hydrogens (tertiary/aromatic N) is 7. The number of aromatic amines is 4. The van der Waals surface area contributed by atoms with Crippen molar-refractivity contribution < 1.29 is 17.5 Å². The molecule has 0 radical (unpaired) electrons. The predicted molar refractivity (Wildman–Crippen MR) is 120 cm³/mol. The number of nitrogens with one attached hydrogen (secondary N) is 5. The smallest absolute Gasteiger partial charge is 0.348 e. The standard InChI is InChI=1S/C3H4N2O2.2C3H4N2OS.C2H4N4.C2H4N2O2S/c2*1-2-4-3(6)7-5-2;1-2-4-3(7)6-5-2;1-2-3-5-6-4-2;1-2-3-6-7(5)4-2/h2*1H3,(H,4,5,6);1H3,(H,4,5,7);1H3,(H,3,4,5,6);1H3,(H,3,4). The lowest BCUT2D eigenvalue weighted by Gasteiger charge is -1.83. The summed E-state index contributed by atoms with van der Waals surface area (Å²) in [6, 6.07) is 0. The van der Waals surface area contributed by atoms with E-state index in [1.54, 1.807) is 34.6 Å². The number of hydroxylamine groups is 1. The van der Waals surface area contributed by atoms with E-state index in [1.807, 2.05) is 0 Å². The van der Waals surface area contributed by atoms with Gasteiger partial charge in [-0.2, -0.15) is 18.9 Å². The third-order valence-corrected chi connectivity index (χ3v) is 4.02. The molecule has 1 unspecified atom stereocenters. The van der Waals surface area contributed by atoms with Gasteiger partial charge in [0, 0.05) is 11.5 Å². The highest BCUT2D eigenvalue weighted by molar-refractivity contribution is 7.79. The lowest BCUT2D eigenvalue weighted by atomic mass is 10.7. The molecular weight excluding hydrogens is 516 g/mol. The van der Waals surface area contributed by atoms with Gasteiger partial charge >= 0.3 is 26.7 Å². The van der Waals surface area contributed by atoms with Crippen LogP contribution in [0.5, 0.6) is 0 Å². The zero-order chi connectivity index (χ0) is 25.5. The molecule has 5 N–H and O–H groups in total. The third kappa shape index (κ3) is 13.7. The Morgan fingerprint density at radius 1 is 1.03 bits per heavy atom. The molecule has 4 aromatic rings. The van der Waals surface area contributed by atoms with Crippen LogP contribution in [0, 0.1) is 32.5 Å². The molecule has 1 aliphatic rings. The Morgan fingerprint density at radius 2 is 1.76 bits per heavy atom. The van der Waals surface area contributed by atoms with Crippen molar-refractivity contribution in [2.45, 2.75) is 34.6 Å². The molecule has 186 valence electrons. The number of hydrogen-bond acceptors (Lipinski definition) is 15. The summed E-state index contributed by atoms with van der Waals surface area (Å²) < 4.78 is 30.2. The van der Waals surface area contributed by atoms with Gasteiger partial charge in [-0.25, -0.2) is 19.6 Å². The third-order valence-electron chi connectivity index (χ3n) is 2.57. The number of amidine groups is 1. The number of H-pyrrole nitrogens is 4. The van der Waals surface area contributed by atoms with Gasteiger partial charge < -0.3 is 4.52 Å². The highest BCUT2D eigenvalue weighted by Crippen LogP contribution is 1.92. The van der Waals surface area contributed by atoms with Crippen molar-refractivity contribution >= 4 is 40.9 Å². The number of tetrazole rings is 1. The lowest BCUT2D eigenvalue weighted by molar-refractivity contribution is 0.304. The van der Waals surface area contributed by atoms with Crippen LogP contribution in [0.3, 0.4) is 0 Å². The summed E-state index contributed by atoms with van der Waals surface area (Å²) in [4.78, 5) is 28.9. The fraction of sp³-hybridized carbons (Fsp3) is 0.385. The van der Waals surface area contributed by atoms with Crippen LogP contribution in [0.2, 0.25) is 0 Å². The van der Waals surface area contributed by atoms with Crippen molar-refractivity contribution in [3.05, 3.63) is 48.4 Å². The first-order valence-corrected chi connectivity index (χ1v) is 10.9. The SMILES string of the molecule is CC1=NS(=O)ON1.Cc1nc(=S)o[nH]1.Cc1nn[nH]n1.Cc1noc(=O)[nH]1.Cc1nsc(=O)[nH]1. The van der Waals surface area contributed by atoms with E-state index in [2.05, 4.69) is 85.7 Å². The summed E-state index contributed by atoms with van der Waals surface area (Å²) in [5, 5.41) is 18.5. The van der Waals surface area contributed by atoms with Crippen molar-refractivity contribution in [1.29, 1.82) is 0 Å². The molecule has 5 heterocycles. The van der Waals surface area contributed by atoms with Gasteiger partial charge in [0.2, 0.25) is 0 Å². The second-order valence-corrected chi connectivity index (χ2v) is 7.43. The van der Waals surface area contributed by atoms with Gasteiger partial charge in [0.25, 0.3) is 0 Å². The van der Waals surface area contributed by atoms with Crippen LogP contribution in [0.1, 0.15) is 30.2 Å². The number of aryl methyl sites for hydroxylation is 4. The normalized spacial score (nSPS) is 13.3. The van der Waals surface area contributed by atoms with Crippen molar-refractivity contribution in [3.63, 3.8) is 0 Å². The number of hydrogen-bond donors (Lipinski definition) is 5. The zero-order valence-electron chi connectivity index (χ0n) is 18.3. The molecule has 0 aliphatic carbocycles. The summed E-state index contributed by atoms with van der Waals surface area (Å²) in [6.07, 6.45) is 0. The molecule has 1 aliphatic heterocycles. The Bertz CT molecular complexity index is 1200. The van der Waals surface area contributed by atoms with Crippen LogP contribution in [-0.4, -0.2) is 60.3 Å². The molecule has 5 rings (SSSR count). The first kappa shape index (κ1) is 28.3. The molecule has 18 nitrogen and oxygen atoms in total. The van der Waals surface area contributed by atoms with Gasteiger partial charge in [0.05, 0.1) is 0 Å². The average Bonchev–Trinajstić information content (AvgIpc) is 3.59. The summed E-state index contributed by atoms with van der Waals surface area (Å²) >= 11 is 3.99. The number of rotatable bonds is 0. The van der Waals surface area contributed by atoms with Crippen LogP contribution >= 0.6 is 23.8 Å². The first-order valence-electron chi connectivity index (χ1n) is 8.73. The molecule has 0 aromatic carbocycles. The first-order chi connectivity index (χ1) is 16.0. The molecule has 0 bridgehead atoms. The minimum absolute atomic E-state index is 0.0856. The maximum atomic E-state index is 10.2. The fourth-order valence-corrected chi connectivity index (χ4v) is 2.49. The Balaban J connectivity index is 0.000000213. The van der Waals surface area contributed by atoms with Crippen LogP contribution in [0.15, 0.2) is 23.0 Å². The fourth-order valence-electron chi connectivity index (χ4n) is 1.36. The largest absolute Gasteiger partial charge is 0.438 e. The quantitative estimate of drug-likeness (QED) is 0.184. The molecule has 4 aromatic heterocycles. The predicted octanol–water partition coefficient (Wildman–Crippen LogP) is -0.122. The van der Waals surface area contributed by atoms with E-state index in [4.69, 9.17) is 0 Å². The van der Waals surface area contributed by atoms with Crippen LogP contribution in [0.25, 0.3) is 0 Å². The molecule has 0 amide bonds. The topological polar surface area (TPSA) is 252 Å². The Labute approximate surface area is 201 Å². The van der Waals surface area contributed by atoms with Crippen LogP contribution < -0.4 is 16.1 Å². The second-order valence-electron chi connectivity index (χ2n) is 5.57. The Hall–Kier alpha value is -3.69. The van der Waals surface area contributed by atoms with Gasteiger partial charge in [-0.1, -0.05) is 10.4 Å². The maximum Gasteiger partial charge on any atom is 0.438 e. The lowest BCUT2D eigenvalue weighted by Crippen LogP contribution is -2.11. The van der Waals surface area contributed by atoms with Gasteiger partial charge in [0.1, 0.15) is 23.3 Å². The summed E-state index contributed by atoms with van der Waals surface area (Å²) in [6.45, 7) is 8.61. The van der Waals surface area contributed by atoms with Gasteiger partial charge in [-0.15, -0.1) is 14.6 Å². The molecule has 1 atom stereocenters. The molecule has 0 fully saturated rings. The minimum Gasteiger partial charge on any atom is -0.348 e. The van der Waals surface area contributed by atoms with Gasteiger partial charge in [0.15, 0.2) is 5.82 Å². The van der Waals surface area contributed by atoms with E-state index < -0.39 is 17.0 Å². The van der Waals surface area contributed by atoms with Crippen molar-refractivity contribution in [1.82, 2.24) is 55.7 Å². The average molecular weight is 537 g/mol. The molecule has 0 saturated carbocycles. The summed E-state index contributed by atoms with van der Waals surface area (Å²) in [5.74, 6) is 2.64. The van der Waals surface area contributed by atoms with E-state index >= 15 is 0 Å². The van der Waals surface area contributed by atoms with Crippen molar-refractivity contribution in [3.8, 4) is 0 Å². The van der Waals surface area contributed by atoms with Gasteiger partial charge in [-0.05, 0) is 46.8 Å². The monoisotopic (exact) mass is 536 g/mol. The Morgan fingerprint density at radius 3 is 1.91 bits per heavy atom. The summed E-state index contributed by atoms with van der Waals surface area (Å²) in [5.41, 5.74) is 2.32. The van der Waals surface area contributed by atoms with E-state index in [-0.39, 0.29) is 9.71 Å². The Kier molecular flexibility index (Phi) is 12.7. The maximum absolute atomic E-state index is 10.2. The summed E-state index contributed by atoms with van der Waals surface area (Å²) in [7, 11) is 0. The second kappa shape index (κ2) is 15.2. The van der Waals surface area contributed by atoms with E-state index in [0.29, 0.717) is 29.1 Å². The molecule has 34 heavy (non-hydrogen) atoms. The van der Waals surface area contributed by atoms with Crippen molar-refractivity contribution in [2.75, 3.05) is 0 Å². The zero-order valence-corrected chi connectivity index (χ0v) is 20.8. The van der Waals surface area contributed by atoms with Crippen LogP contribution in [0.4, 0.5) is 0 Å². The molecule has 0 spiro atoms. The number of aromatic nitrogens is 10. The van der Waals surface area contributed by atoms with E-state index in [1.165, 1.54) is 0 Å². The minimum atomic E-state index is -1.48. The van der Waals surface area contributed by atoms with E-state index in [9.17, 15) is 13.8 Å². The molecule has 21 heteroatoms. The highest BCUT2D eigenvalue weighted by Gasteiger charge is 2.05.